The number of hydrogen-bond donors (Lipinski definition) is 0. The van der Waals surface area contributed by atoms with Crippen molar-refractivity contribution < 1.29 is 9.37 Å². The molecule has 2 rings (SSSR count). The molecule has 0 saturated carbocycles. The first kappa shape index (κ1) is 7.09. The van der Waals surface area contributed by atoms with Crippen LogP contribution in [0.5, 0.6) is 5.75 Å². The summed E-state index contributed by atoms with van der Waals surface area (Å²) in [6.07, 6.45) is 0. The highest BCUT2D eigenvalue weighted by molar-refractivity contribution is 5.81. The van der Waals surface area contributed by atoms with Crippen LogP contribution >= 0.6 is 0 Å². The lowest BCUT2D eigenvalue weighted by Gasteiger charge is -2.01. The quantitative estimate of drug-likeness (QED) is 0.641. The van der Waals surface area contributed by atoms with Crippen LogP contribution in [0.3, 0.4) is 0 Å². The molecule has 0 aliphatic carbocycles. The summed E-state index contributed by atoms with van der Waals surface area (Å²) < 4.78 is 9.74. The molecule has 1 heterocycles. The number of benzene rings is 1. The molecule has 0 spiro atoms. The van der Waals surface area contributed by atoms with E-state index >= 15 is 0 Å². The second-order valence-electron chi connectivity index (χ2n) is 2.55. The minimum Gasteiger partial charge on any atom is -0.494 e. The van der Waals surface area contributed by atoms with Crippen LogP contribution in [0.2, 0.25) is 0 Å². The summed E-state index contributed by atoms with van der Waals surface area (Å²) in [5, 5.41) is 7.44. The Kier molecular flexibility index (Phi) is 1.46. The zero-order valence-corrected chi connectivity index (χ0v) is 6.87. The Morgan fingerprint density at radius 1 is 1.33 bits per heavy atom. The van der Waals surface area contributed by atoms with Gasteiger partial charge in [0.2, 0.25) is 0 Å². The van der Waals surface area contributed by atoms with Gasteiger partial charge in [-0.1, -0.05) is 6.07 Å². The van der Waals surface area contributed by atoms with Crippen molar-refractivity contribution in [1.29, 1.82) is 0 Å². The van der Waals surface area contributed by atoms with Crippen LogP contribution in [0.4, 0.5) is 0 Å². The molecular formula is C8H8N2O2. The Hall–Kier alpha value is -1.58. The van der Waals surface area contributed by atoms with Crippen molar-refractivity contribution in [2.24, 2.45) is 0 Å². The van der Waals surface area contributed by atoms with Gasteiger partial charge in [-0.25, -0.2) is 4.63 Å². The average Bonchev–Trinajstić information content (AvgIpc) is 2.52. The molecule has 1 aromatic carbocycles. The highest BCUT2D eigenvalue weighted by Crippen LogP contribution is 2.25. The van der Waals surface area contributed by atoms with E-state index in [1.54, 1.807) is 7.11 Å². The molecule has 0 fully saturated rings. The fourth-order valence-electron chi connectivity index (χ4n) is 1.19. The van der Waals surface area contributed by atoms with Gasteiger partial charge in [-0.3, -0.25) is 0 Å². The van der Waals surface area contributed by atoms with E-state index in [1.165, 1.54) is 0 Å². The van der Waals surface area contributed by atoms with E-state index in [9.17, 15) is 0 Å². The Bertz CT molecular complexity index is 408. The first-order valence-electron chi connectivity index (χ1n) is 3.59. The van der Waals surface area contributed by atoms with Gasteiger partial charge in [0.05, 0.1) is 7.11 Å². The summed E-state index contributed by atoms with van der Waals surface area (Å²) in [6.45, 7) is 1.95. The highest BCUT2D eigenvalue weighted by Gasteiger charge is 2.08. The van der Waals surface area contributed by atoms with Crippen LogP contribution in [0.15, 0.2) is 16.8 Å². The molecule has 12 heavy (non-hydrogen) atoms. The SMILES string of the molecule is COc1c(C)ccc2nonc12. The van der Waals surface area contributed by atoms with Crippen molar-refractivity contribution in [2.75, 3.05) is 7.11 Å². The molecule has 0 aliphatic heterocycles. The van der Waals surface area contributed by atoms with E-state index in [-0.39, 0.29) is 0 Å². The highest BCUT2D eigenvalue weighted by atomic mass is 16.6. The van der Waals surface area contributed by atoms with E-state index in [1.807, 2.05) is 19.1 Å². The Labute approximate surface area is 69.1 Å². The number of aryl methyl sites for hydroxylation is 1. The van der Waals surface area contributed by atoms with Crippen molar-refractivity contribution in [3.8, 4) is 5.75 Å². The lowest BCUT2D eigenvalue weighted by atomic mass is 10.2. The smallest absolute Gasteiger partial charge is 0.177 e. The molecule has 0 amide bonds. The molecule has 0 aliphatic rings. The molecule has 0 radical (unpaired) electrons. The predicted octanol–water partition coefficient (Wildman–Crippen LogP) is 1.54. The van der Waals surface area contributed by atoms with Gasteiger partial charge in [0, 0.05) is 0 Å². The standard InChI is InChI=1S/C8H8N2O2/c1-5-3-4-6-7(8(5)11-2)10-12-9-6/h3-4H,1-2H3. The lowest BCUT2D eigenvalue weighted by molar-refractivity contribution is 0.313. The van der Waals surface area contributed by atoms with Crippen molar-refractivity contribution in [3.63, 3.8) is 0 Å². The molecule has 4 nitrogen and oxygen atoms in total. The second-order valence-corrected chi connectivity index (χ2v) is 2.55. The minimum atomic E-state index is 0.678. The van der Waals surface area contributed by atoms with Gasteiger partial charge in [0.15, 0.2) is 11.3 Å². The number of fused-ring (bicyclic) bond motifs is 1. The van der Waals surface area contributed by atoms with Crippen molar-refractivity contribution >= 4 is 11.0 Å². The topological polar surface area (TPSA) is 48.2 Å². The number of hydrogen-bond acceptors (Lipinski definition) is 4. The molecule has 4 heteroatoms. The van der Waals surface area contributed by atoms with E-state index < -0.39 is 0 Å². The third kappa shape index (κ3) is 0.845. The lowest BCUT2D eigenvalue weighted by Crippen LogP contribution is -1.87. The molecular weight excluding hydrogens is 156 g/mol. The number of nitrogens with zero attached hydrogens (tertiary/aromatic N) is 2. The third-order valence-electron chi connectivity index (χ3n) is 1.78. The van der Waals surface area contributed by atoms with E-state index in [0.717, 1.165) is 16.8 Å². The van der Waals surface area contributed by atoms with Crippen LogP contribution in [0.25, 0.3) is 11.0 Å². The summed E-state index contributed by atoms with van der Waals surface area (Å²) in [7, 11) is 1.61. The van der Waals surface area contributed by atoms with Gasteiger partial charge in [-0.05, 0) is 28.9 Å². The number of aromatic nitrogens is 2. The van der Waals surface area contributed by atoms with E-state index in [4.69, 9.17) is 4.74 Å². The summed E-state index contributed by atoms with van der Waals surface area (Å²) >= 11 is 0. The fourth-order valence-corrected chi connectivity index (χ4v) is 1.19. The number of ether oxygens (including phenoxy) is 1. The van der Waals surface area contributed by atoms with Gasteiger partial charge in [-0.2, -0.15) is 0 Å². The van der Waals surface area contributed by atoms with Crippen LogP contribution in [0.1, 0.15) is 5.56 Å². The largest absolute Gasteiger partial charge is 0.494 e. The average molecular weight is 164 g/mol. The molecule has 1 aromatic heterocycles. The molecule has 2 aromatic rings. The zero-order valence-electron chi connectivity index (χ0n) is 6.87. The van der Waals surface area contributed by atoms with Gasteiger partial charge in [-0.15, -0.1) is 0 Å². The molecule has 0 bridgehead atoms. The maximum Gasteiger partial charge on any atom is 0.177 e. The molecule has 62 valence electrons. The van der Waals surface area contributed by atoms with Crippen LogP contribution in [-0.4, -0.2) is 17.4 Å². The number of rotatable bonds is 1. The maximum atomic E-state index is 5.15. The van der Waals surface area contributed by atoms with Gasteiger partial charge in [0.1, 0.15) is 5.52 Å². The Balaban J connectivity index is 2.83. The van der Waals surface area contributed by atoms with Crippen LogP contribution in [-0.2, 0) is 0 Å². The van der Waals surface area contributed by atoms with E-state index in [2.05, 4.69) is 14.9 Å². The summed E-state index contributed by atoms with van der Waals surface area (Å²) in [4.78, 5) is 0. The minimum absolute atomic E-state index is 0.678. The maximum absolute atomic E-state index is 5.15. The van der Waals surface area contributed by atoms with Gasteiger partial charge < -0.3 is 4.74 Å². The summed E-state index contributed by atoms with van der Waals surface area (Å²) in [5.41, 5.74) is 2.43. The van der Waals surface area contributed by atoms with Crippen molar-refractivity contribution in [1.82, 2.24) is 10.3 Å². The fraction of sp³-hybridized carbons (Fsp3) is 0.250. The van der Waals surface area contributed by atoms with Gasteiger partial charge >= 0.3 is 0 Å². The molecule has 0 saturated heterocycles. The number of methoxy groups -OCH3 is 1. The normalized spacial score (nSPS) is 10.5. The molecule has 0 N–H and O–H groups in total. The second kappa shape index (κ2) is 2.48. The summed E-state index contributed by atoms with van der Waals surface area (Å²) in [5.74, 6) is 0.730. The van der Waals surface area contributed by atoms with Gasteiger partial charge in [0.25, 0.3) is 0 Å². The predicted molar refractivity (Wildman–Crippen MR) is 43.1 cm³/mol. The monoisotopic (exact) mass is 164 g/mol. The first-order chi connectivity index (χ1) is 5.83. The zero-order chi connectivity index (χ0) is 8.55. The van der Waals surface area contributed by atoms with Crippen LogP contribution < -0.4 is 4.74 Å². The third-order valence-corrected chi connectivity index (χ3v) is 1.78. The Morgan fingerprint density at radius 3 is 2.92 bits per heavy atom. The first-order valence-corrected chi connectivity index (χ1v) is 3.59. The van der Waals surface area contributed by atoms with Crippen molar-refractivity contribution in [2.45, 2.75) is 6.92 Å². The summed E-state index contributed by atoms with van der Waals surface area (Å²) in [6, 6.07) is 3.77. The van der Waals surface area contributed by atoms with Crippen molar-refractivity contribution in [3.05, 3.63) is 17.7 Å². The van der Waals surface area contributed by atoms with Crippen LogP contribution in [0, 0.1) is 6.92 Å². The van der Waals surface area contributed by atoms with E-state index in [0.29, 0.717) is 5.52 Å². The molecule has 0 unspecified atom stereocenters. The Morgan fingerprint density at radius 2 is 2.17 bits per heavy atom. The molecule has 0 atom stereocenters.